The molecule has 2 aliphatic rings. The fourth-order valence-corrected chi connectivity index (χ4v) is 5.91. The van der Waals surface area contributed by atoms with Crippen LogP contribution in [0.25, 0.3) is 0 Å². The molecule has 1 saturated heterocycles. The van der Waals surface area contributed by atoms with E-state index in [2.05, 4.69) is 21.1 Å². The summed E-state index contributed by atoms with van der Waals surface area (Å²) in [6.45, 7) is 2.57. The summed E-state index contributed by atoms with van der Waals surface area (Å²) in [6.07, 6.45) is 7.88. The van der Waals surface area contributed by atoms with Gasteiger partial charge in [0, 0.05) is 24.5 Å². The minimum atomic E-state index is -3.41. The standard InChI is InChI=1S/C17H29N3O2S2/c1-19(15-8-3-2-4-9-15)24(21,22)18-14-16(17-10-7-13-23-17)20-11-5-6-12-20/h7,10,13,15-16,18H,2-6,8-9,11-12,14H2,1H3. The van der Waals surface area contributed by atoms with Gasteiger partial charge in [-0.3, -0.25) is 4.90 Å². The fourth-order valence-electron chi connectivity index (χ4n) is 3.87. The highest BCUT2D eigenvalue weighted by Gasteiger charge is 2.30. The Balaban J connectivity index is 1.64. The molecule has 0 aromatic carbocycles. The van der Waals surface area contributed by atoms with Crippen molar-refractivity contribution in [3.05, 3.63) is 22.4 Å². The molecule has 2 heterocycles. The number of thiophene rings is 1. The molecular formula is C17H29N3O2S2. The fraction of sp³-hybridized carbons (Fsp3) is 0.765. The lowest BCUT2D eigenvalue weighted by Crippen LogP contribution is -2.47. The molecule has 0 spiro atoms. The Kier molecular flexibility index (Phi) is 6.32. The summed E-state index contributed by atoms with van der Waals surface area (Å²) >= 11 is 1.71. The highest BCUT2D eigenvalue weighted by atomic mass is 32.2. The molecule has 136 valence electrons. The van der Waals surface area contributed by atoms with E-state index in [1.54, 1.807) is 22.7 Å². The van der Waals surface area contributed by atoms with Gasteiger partial charge in [-0.05, 0) is 50.2 Å². The molecule has 1 atom stereocenters. The first-order valence-corrected chi connectivity index (χ1v) is 11.4. The zero-order chi connectivity index (χ0) is 17.0. The molecular weight excluding hydrogens is 342 g/mol. The molecule has 1 aliphatic carbocycles. The monoisotopic (exact) mass is 371 g/mol. The van der Waals surface area contributed by atoms with Gasteiger partial charge in [0.1, 0.15) is 0 Å². The molecule has 1 aromatic rings. The summed E-state index contributed by atoms with van der Waals surface area (Å²) in [5.41, 5.74) is 0. The van der Waals surface area contributed by atoms with Gasteiger partial charge < -0.3 is 0 Å². The van der Waals surface area contributed by atoms with Crippen LogP contribution < -0.4 is 4.72 Å². The second-order valence-corrected chi connectivity index (χ2v) is 9.73. The summed E-state index contributed by atoms with van der Waals surface area (Å²) in [5, 5.41) is 2.07. The molecule has 0 radical (unpaired) electrons. The van der Waals surface area contributed by atoms with Gasteiger partial charge in [-0.15, -0.1) is 11.3 Å². The van der Waals surface area contributed by atoms with Crippen LogP contribution in [0, 0.1) is 0 Å². The lowest BCUT2D eigenvalue weighted by atomic mass is 9.96. The van der Waals surface area contributed by atoms with Crippen molar-refractivity contribution in [3.8, 4) is 0 Å². The number of hydrogen-bond donors (Lipinski definition) is 1. The van der Waals surface area contributed by atoms with Crippen molar-refractivity contribution in [2.45, 2.75) is 57.0 Å². The average Bonchev–Trinajstić information content (AvgIpc) is 3.29. The smallest absolute Gasteiger partial charge is 0.279 e. The van der Waals surface area contributed by atoms with E-state index < -0.39 is 10.2 Å². The molecule has 2 fully saturated rings. The SMILES string of the molecule is CN(C1CCCCC1)S(=O)(=O)NCC(c1cccs1)N1CCCC1. The molecule has 5 nitrogen and oxygen atoms in total. The van der Waals surface area contributed by atoms with Crippen LogP contribution in [-0.2, 0) is 10.2 Å². The summed E-state index contributed by atoms with van der Waals surface area (Å²) < 4.78 is 29.9. The van der Waals surface area contributed by atoms with Crippen molar-refractivity contribution in [3.63, 3.8) is 0 Å². The Morgan fingerprint density at radius 2 is 1.96 bits per heavy atom. The van der Waals surface area contributed by atoms with Crippen molar-refractivity contribution in [2.24, 2.45) is 0 Å². The van der Waals surface area contributed by atoms with Crippen LogP contribution in [0.5, 0.6) is 0 Å². The third kappa shape index (κ3) is 4.38. The normalized spacial score (nSPS) is 22.2. The van der Waals surface area contributed by atoms with Gasteiger partial charge in [-0.1, -0.05) is 25.3 Å². The van der Waals surface area contributed by atoms with E-state index in [1.807, 2.05) is 6.07 Å². The van der Waals surface area contributed by atoms with Gasteiger partial charge in [0.2, 0.25) is 0 Å². The number of likely N-dealkylation sites (tertiary alicyclic amines) is 1. The molecule has 3 rings (SSSR count). The summed E-state index contributed by atoms with van der Waals surface area (Å²) in [4.78, 5) is 3.66. The van der Waals surface area contributed by atoms with Gasteiger partial charge in [0.25, 0.3) is 10.2 Å². The molecule has 1 aliphatic heterocycles. The van der Waals surface area contributed by atoms with Gasteiger partial charge >= 0.3 is 0 Å². The highest BCUT2D eigenvalue weighted by molar-refractivity contribution is 7.87. The zero-order valence-corrected chi connectivity index (χ0v) is 16.1. The van der Waals surface area contributed by atoms with Gasteiger partial charge in [-0.25, -0.2) is 4.72 Å². The van der Waals surface area contributed by atoms with Crippen LogP contribution in [0.1, 0.15) is 55.9 Å². The Morgan fingerprint density at radius 1 is 1.25 bits per heavy atom. The Hall–Kier alpha value is -0.470. The summed E-state index contributed by atoms with van der Waals surface area (Å²) in [7, 11) is -1.68. The quantitative estimate of drug-likeness (QED) is 0.802. The predicted molar refractivity (Wildman–Crippen MR) is 99.4 cm³/mol. The van der Waals surface area contributed by atoms with Crippen LogP contribution in [0.4, 0.5) is 0 Å². The molecule has 0 amide bonds. The molecule has 1 unspecified atom stereocenters. The number of hydrogen-bond acceptors (Lipinski definition) is 4. The maximum Gasteiger partial charge on any atom is 0.279 e. The van der Waals surface area contributed by atoms with Crippen molar-refractivity contribution < 1.29 is 8.42 Å². The predicted octanol–water partition coefficient (Wildman–Crippen LogP) is 2.98. The molecule has 1 aromatic heterocycles. The Labute approximate surface area is 150 Å². The van der Waals surface area contributed by atoms with Crippen LogP contribution in [0.3, 0.4) is 0 Å². The van der Waals surface area contributed by atoms with Crippen LogP contribution in [0.15, 0.2) is 17.5 Å². The lowest BCUT2D eigenvalue weighted by Gasteiger charge is -2.32. The molecule has 7 heteroatoms. The molecule has 24 heavy (non-hydrogen) atoms. The van der Waals surface area contributed by atoms with Crippen LogP contribution in [0.2, 0.25) is 0 Å². The van der Waals surface area contributed by atoms with E-state index in [4.69, 9.17) is 0 Å². The first-order chi connectivity index (χ1) is 11.6. The van der Waals surface area contributed by atoms with E-state index in [0.29, 0.717) is 6.54 Å². The zero-order valence-electron chi connectivity index (χ0n) is 14.5. The summed E-state index contributed by atoms with van der Waals surface area (Å²) in [6, 6.07) is 4.48. The summed E-state index contributed by atoms with van der Waals surface area (Å²) in [5.74, 6) is 0. The topological polar surface area (TPSA) is 52.7 Å². The van der Waals surface area contributed by atoms with Crippen molar-refractivity contribution in [2.75, 3.05) is 26.7 Å². The lowest BCUT2D eigenvalue weighted by molar-refractivity contribution is 0.245. The average molecular weight is 372 g/mol. The minimum Gasteiger partial charge on any atom is -0.294 e. The molecule has 0 bridgehead atoms. The Morgan fingerprint density at radius 3 is 2.58 bits per heavy atom. The van der Waals surface area contributed by atoms with Crippen LogP contribution >= 0.6 is 11.3 Å². The number of rotatable bonds is 7. The minimum absolute atomic E-state index is 0.155. The van der Waals surface area contributed by atoms with Gasteiger partial charge in [0.15, 0.2) is 0 Å². The van der Waals surface area contributed by atoms with Gasteiger partial charge in [-0.2, -0.15) is 12.7 Å². The van der Waals surface area contributed by atoms with E-state index in [9.17, 15) is 8.42 Å². The van der Waals surface area contributed by atoms with Crippen molar-refractivity contribution in [1.82, 2.24) is 13.9 Å². The number of nitrogens with zero attached hydrogens (tertiary/aromatic N) is 2. The number of nitrogens with one attached hydrogen (secondary N) is 1. The second kappa shape index (κ2) is 8.27. The van der Waals surface area contributed by atoms with E-state index in [1.165, 1.54) is 24.1 Å². The van der Waals surface area contributed by atoms with E-state index in [-0.39, 0.29) is 12.1 Å². The van der Waals surface area contributed by atoms with Crippen molar-refractivity contribution >= 4 is 21.5 Å². The maximum absolute atomic E-state index is 12.7. The van der Waals surface area contributed by atoms with E-state index >= 15 is 0 Å². The molecule has 1 N–H and O–H groups in total. The third-order valence-electron chi connectivity index (χ3n) is 5.38. The van der Waals surface area contributed by atoms with Crippen LogP contribution in [-0.4, -0.2) is 50.3 Å². The third-order valence-corrected chi connectivity index (χ3v) is 7.94. The Bertz CT molecular complexity index is 591. The first kappa shape index (κ1) is 18.3. The maximum atomic E-state index is 12.7. The van der Waals surface area contributed by atoms with Crippen molar-refractivity contribution in [1.29, 1.82) is 0 Å². The molecule has 1 saturated carbocycles. The second-order valence-electron chi connectivity index (χ2n) is 6.94. The van der Waals surface area contributed by atoms with Gasteiger partial charge in [0.05, 0.1) is 6.04 Å². The first-order valence-electron chi connectivity index (χ1n) is 9.08. The highest BCUT2D eigenvalue weighted by Crippen LogP contribution is 2.28. The largest absolute Gasteiger partial charge is 0.294 e. The van der Waals surface area contributed by atoms with E-state index in [0.717, 1.165) is 38.8 Å².